The summed E-state index contributed by atoms with van der Waals surface area (Å²) in [6.07, 6.45) is 10.3. The van der Waals surface area contributed by atoms with Crippen molar-refractivity contribution in [3.63, 3.8) is 0 Å². The zero-order valence-electron chi connectivity index (χ0n) is 11.5. The third kappa shape index (κ3) is 3.19. The van der Waals surface area contributed by atoms with Crippen molar-refractivity contribution in [3.05, 3.63) is 18.0 Å². The van der Waals surface area contributed by atoms with Gasteiger partial charge >= 0.3 is 0 Å². The Morgan fingerprint density at radius 1 is 1.33 bits per heavy atom. The minimum absolute atomic E-state index is 0.638. The molecular formula is C14H24N4. The van der Waals surface area contributed by atoms with Crippen LogP contribution in [-0.4, -0.2) is 29.6 Å². The number of anilines is 1. The summed E-state index contributed by atoms with van der Waals surface area (Å²) in [4.78, 5) is 11.5. The molecule has 1 aliphatic heterocycles. The largest absolute Gasteiger partial charge is 0.338 e. The van der Waals surface area contributed by atoms with Crippen LogP contribution in [0.1, 0.15) is 44.6 Å². The molecule has 0 radical (unpaired) electrons. The molecule has 1 aromatic rings. The molecule has 0 aromatic carbocycles. The number of hydrogen-bond acceptors (Lipinski definition) is 4. The van der Waals surface area contributed by atoms with E-state index in [0.29, 0.717) is 6.04 Å². The zero-order valence-corrected chi connectivity index (χ0v) is 11.5. The fourth-order valence-electron chi connectivity index (χ4n) is 2.69. The summed E-state index contributed by atoms with van der Waals surface area (Å²) in [5.41, 5.74) is 1.14. The lowest BCUT2D eigenvalue weighted by molar-refractivity contribution is 0.428. The molecule has 2 rings (SSSR count). The Morgan fingerprint density at radius 3 is 2.78 bits per heavy atom. The summed E-state index contributed by atoms with van der Waals surface area (Å²) in [5.74, 6) is 0.910. The second-order valence-corrected chi connectivity index (χ2v) is 5.05. The molecule has 4 nitrogen and oxygen atoms in total. The van der Waals surface area contributed by atoms with Gasteiger partial charge in [-0.1, -0.05) is 13.3 Å². The fraction of sp³-hybridized carbons (Fsp3) is 0.714. The Morgan fingerprint density at radius 2 is 2.11 bits per heavy atom. The van der Waals surface area contributed by atoms with Gasteiger partial charge in [0.25, 0.3) is 0 Å². The predicted molar refractivity (Wildman–Crippen MR) is 74.7 cm³/mol. The molecule has 18 heavy (non-hydrogen) atoms. The first kappa shape index (κ1) is 13.3. The molecule has 1 unspecified atom stereocenters. The van der Waals surface area contributed by atoms with E-state index in [0.717, 1.165) is 24.6 Å². The number of rotatable bonds is 5. The third-order valence-electron chi connectivity index (χ3n) is 3.58. The molecule has 1 N–H and O–H groups in total. The molecule has 1 aromatic heterocycles. The average Bonchev–Trinajstić information content (AvgIpc) is 2.41. The molecule has 4 heteroatoms. The molecule has 1 aliphatic rings. The van der Waals surface area contributed by atoms with Gasteiger partial charge in [-0.25, -0.2) is 9.97 Å². The van der Waals surface area contributed by atoms with Crippen LogP contribution in [-0.2, 0) is 6.54 Å². The summed E-state index contributed by atoms with van der Waals surface area (Å²) in [7, 11) is 1.94. The van der Waals surface area contributed by atoms with E-state index in [-0.39, 0.29) is 0 Å². The van der Waals surface area contributed by atoms with Gasteiger partial charge in [-0.05, 0) is 32.7 Å². The standard InChI is InChI=1S/C14H24N4/c1-3-6-13-7-4-5-8-18(13)14-16-10-12(9-15-2)11-17-14/h10-11,13,15H,3-9H2,1-2H3. The fourth-order valence-corrected chi connectivity index (χ4v) is 2.69. The van der Waals surface area contributed by atoms with Crippen molar-refractivity contribution in [2.45, 2.75) is 51.6 Å². The van der Waals surface area contributed by atoms with Crippen molar-refractivity contribution in [1.29, 1.82) is 0 Å². The van der Waals surface area contributed by atoms with Gasteiger partial charge in [0.05, 0.1) is 0 Å². The molecular weight excluding hydrogens is 224 g/mol. The van der Waals surface area contributed by atoms with Crippen LogP contribution in [0.2, 0.25) is 0 Å². The summed E-state index contributed by atoms with van der Waals surface area (Å²) in [6, 6.07) is 0.638. The van der Waals surface area contributed by atoms with Gasteiger partial charge in [0.2, 0.25) is 5.95 Å². The number of nitrogens with zero attached hydrogens (tertiary/aromatic N) is 3. The minimum Gasteiger partial charge on any atom is -0.338 e. The highest BCUT2D eigenvalue weighted by molar-refractivity contribution is 5.32. The number of nitrogens with one attached hydrogen (secondary N) is 1. The van der Waals surface area contributed by atoms with E-state index >= 15 is 0 Å². The van der Waals surface area contributed by atoms with E-state index in [1.807, 2.05) is 19.4 Å². The number of hydrogen-bond donors (Lipinski definition) is 1. The van der Waals surface area contributed by atoms with Crippen LogP contribution in [0.25, 0.3) is 0 Å². The van der Waals surface area contributed by atoms with Crippen LogP contribution >= 0.6 is 0 Å². The summed E-state index contributed by atoms with van der Waals surface area (Å²) in [5, 5.41) is 3.12. The van der Waals surface area contributed by atoms with Crippen LogP contribution in [0.5, 0.6) is 0 Å². The maximum atomic E-state index is 4.53. The summed E-state index contributed by atoms with van der Waals surface area (Å²) >= 11 is 0. The number of piperidine rings is 1. The van der Waals surface area contributed by atoms with E-state index in [2.05, 4.69) is 27.1 Å². The van der Waals surface area contributed by atoms with E-state index in [1.54, 1.807) is 0 Å². The van der Waals surface area contributed by atoms with Gasteiger partial charge in [0, 0.05) is 37.1 Å². The Hall–Kier alpha value is -1.16. The molecule has 0 bridgehead atoms. The SMILES string of the molecule is CCCC1CCCCN1c1ncc(CNC)cn1. The Labute approximate surface area is 110 Å². The summed E-state index contributed by atoms with van der Waals surface area (Å²) in [6.45, 7) is 4.19. The Kier molecular flexibility index (Phi) is 4.93. The molecule has 0 amide bonds. The topological polar surface area (TPSA) is 41.1 Å². The highest BCUT2D eigenvalue weighted by atomic mass is 15.3. The summed E-state index contributed by atoms with van der Waals surface area (Å²) < 4.78 is 0. The van der Waals surface area contributed by atoms with Gasteiger partial charge < -0.3 is 10.2 Å². The van der Waals surface area contributed by atoms with Crippen molar-refractivity contribution >= 4 is 5.95 Å². The lowest BCUT2D eigenvalue weighted by Gasteiger charge is -2.35. The maximum Gasteiger partial charge on any atom is 0.225 e. The Balaban J connectivity index is 2.07. The lowest BCUT2D eigenvalue weighted by atomic mass is 9.99. The van der Waals surface area contributed by atoms with Gasteiger partial charge in [-0.3, -0.25) is 0 Å². The quantitative estimate of drug-likeness (QED) is 0.868. The monoisotopic (exact) mass is 248 g/mol. The predicted octanol–water partition coefficient (Wildman–Crippen LogP) is 2.36. The van der Waals surface area contributed by atoms with Crippen LogP contribution < -0.4 is 10.2 Å². The Bertz CT molecular complexity index is 347. The second-order valence-electron chi connectivity index (χ2n) is 5.05. The van der Waals surface area contributed by atoms with Crippen molar-refractivity contribution in [2.75, 3.05) is 18.5 Å². The van der Waals surface area contributed by atoms with Gasteiger partial charge in [-0.2, -0.15) is 0 Å². The van der Waals surface area contributed by atoms with Crippen LogP contribution in [0.3, 0.4) is 0 Å². The normalized spacial score (nSPS) is 20.1. The van der Waals surface area contributed by atoms with Crippen molar-refractivity contribution in [1.82, 2.24) is 15.3 Å². The smallest absolute Gasteiger partial charge is 0.225 e. The molecule has 0 spiro atoms. The van der Waals surface area contributed by atoms with E-state index in [9.17, 15) is 0 Å². The second kappa shape index (κ2) is 6.69. The van der Waals surface area contributed by atoms with Crippen molar-refractivity contribution in [3.8, 4) is 0 Å². The minimum atomic E-state index is 0.638. The molecule has 100 valence electrons. The molecule has 0 saturated carbocycles. The number of aromatic nitrogens is 2. The van der Waals surface area contributed by atoms with Gasteiger partial charge in [-0.15, -0.1) is 0 Å². The first-order valence-corrected chi connectivity index (χ1v) is 7.07. The van der Waals surface area contributed by atoms with E-state index in [1.165, 1.54) is 32.1 Å². The molecule has 1 atom stereocenters. The third-order valence-corrected chi connectivity index (χ3v) is 3.58. The molecule has 1 fully saturated rings. The zero-order chi connectivity index (χ0) is 12.8. The first-order chi connectivity index (χ1) is 8.85. The van der Waals surface area contributed by atoms with E-state index in [4.69, 9.17) is 0 Å². The highest BCUT2D eigenvalue weighted by Crippen LogP contribution is 2.24. The van der Waals surface area contributed by atoms with Gasteiger partial charge in [0.1, 0.15) is 0 Å². The highest BCUT2D eigenvalue weighted by Gasteiger charge is 2.23. The maximum absolute atomic E-state index is 4.53. The van der Waals surface area contributed by atoms with Crippen LogP contribution in [0.4, 0.5) is 5.95 Å². The van der Waals surface area contributed by atoms with Crippen molar-refractivity contribution < 1.29 is 0 Å². The molecule has 0 aliphatic carbocycles. The van der Waals surface area contributed by atoms with Gasteiger partial charge in [0.15, 0.2) is 0 Å². The first-order valence-electron chi connectivity index (χ1n) is 7.07. The van der Waals surface area contributed by atoms with Crippen LogP contribution in [0.15, 0.2) is 12.4 Å². The van der Waals surface area contributed by atoms with Crippen molar-refractivity contribution in [2.24, 2.45) is 0 Å². The molecule has 1 saturated heterocycles. The van der Waals surface area contributed by atoms with E-state index < -0.39 is 0 Å². The van der Waals surface area contributed by atoms with Crippen LogP contribution in [0, 0.1) is 0 Å². The molecule has 2 heterocycles. The average molecular weight is 248 g/mol. The lowest BCUT2D eigenvalue weighted by Crippen LogP contribution is -2.40.